The van der Waals surface area contributed by atoms with Gasteiger partial charge < -0.3 is 14.4 Å². The number of methoxy groups -OCH3 is 1. The summed E-state index contributed by atoms with van der Waals surface area (Å²) in [6.45, 7) is 2.17. The van der Waals surface area contributed by atoms with E-state index in [1.165, 1.54) is 0 Å². The van der Waals surface area contributed by atoms with Crippen LogP contribution in [0.2, 0.25) is 0 Å². The van der Waals surface area contributed by atoms with Crippen LogP contribution in [0.4, 0.5) is 0 Å². The van der Waals surface area contributed by atoms with E-state index in [2.05, 4.69) is 24.1 Å². The van der Waals surface area contributed by atoms with E-state index >= 15 is 0 Å². The Bertz CT molecular complexity index is 473. The second kappa shape index (κ2) is 4.32. The van der Waals surface area contributed by atoms with Crippen LogP contribution in [0.3, 0.4) is 0 Å². The molecule has 18 heavy (non-hydrogen) atoms. The van der Waals surface area contributed by atoms with Crippen molar-refractivity contribution >= 4 is 6.08 Å². The van der Waals surface area contributed by atoms with E-state index in [0.717, 1.165) is 43.0 Å². The summed E-state index contributed by atoms with van der Waals surface area (Å²) in [5.41, 5.74) is 1.03. The van der Waals surface area contributed by atoms with Crippen LogP contribution in [-0.2, 0) is 0 Å². The standard InChI is InChI=1S/C15H19NO2/c1-16-9-7-15(8-10-16)6-5-12-3-4-13(17-2)11-14(12)18-15/h3-6,11H,7-10H2,1-2H3. The zero-order chi connectivity index (χ0) is 12.6. The summed E-state index contributed by atoms with van der Waals surface area (Å²) in [7, 11) is 3.85. The van der Waals surface area contributed by atoms with E-state index < -0.39 is 0 Å². The minimum Gasteiger partial charge on any atom is -0.497 e. The van der Waals surface area contributed by atoms with Crippen LogP contribution in [0.15, 0.2) is 24.3 Å². The molecule has 0 saturated carbocycles. The van der Waals surface area contributed by atoms with E-state index in [0.29, 0.717) is 0 Å². The first kappa shape index (κ1) is 11.6. The lowest BCUT2D eigenvalue weighted by Crippen LogP contribution is -2.46. The van der Waals surface area contributed by atoms with Crippen molar-refractivity contribution in [1.29, 1.82) is 0 Å². The molecular formula is C15H19NO2. The van der Waals surface area contributed by atoms with E-state index in [-0.39, 0.29) is 5.60 Å². The highest BCUT2D eigenvalue weighted by atomic mass is 16.5. The summed E-state index contributed by atoms with van der Waals surface area (Å²) in [5.74, 6) is 1.80. The molecule has 1 saturated heterocycles. The van der Waals surface area contributed by atoms with Crippen LogP contribution in [-0.4, -0.2) is 37.7 Å². The molecule has 1 fully saturated rings. The molecule has 2 aliphatic heterocycles. The quantitative estimate of drug-likeness (QED) is 0.759. The maximum absolute atomic E-state index is 6.26. The fourth-order valence-corrected chi connectivity index (χ4v) is 2.63. The van der Waals surface area contributed by atoms with Crippen LogP contribution in [0, 0.1) is 0 Å². The SMILES string of the molecule is COc1ccc2c(c1)OC1(C=C2)CCN(C)CC1. The van der Waals surface area contributed by atoms with Gasteiger partial charge in [-0.05, 0) is 25.3 Å². The van der Waals surface area contributed by atoms with Crippen molar-refractivity contribution in [2.45, 2.75) is 18.4 Å². The van der Waals surface area contributed by atoms with E-state index in [1.807, 2.05) is 18.2 Å². The van der Waals surface area contributed by atoms with Gasteiger partial charge in [0.1, 0.15) is 17.1 Å². The molecule has 1 spiro atoms. The Morgan fingerprint density at radius 2 is 2.06 bits per heavy atom. The zero-order valence-corrected chi connectivity index (χ0v) is 11.0. The van der Waals surface area contributed by atoms with Gasteiger partial charge >= 0.3 is 0 Å². The van der Waals surface area contributed by atoms with Crippen molar-refractivity contribution in [3.8, 4) is 11.5 Å². The Labute approximate surface area is 108 Å². The second-order valence-corrected chi connectivity index (χ2v) is 5.21. The molecule has 96 valence electrons. The Hall–Kier alpha value is -1.48. The topological polar surface area (TPSA) is 21.7 Å². The molecule has 0 atom stereocenters. The van der Waals surface area contributed by atoms with Crippen molar-refractivity contribution in [3.05, 3.63) is 29.8 Å². The lowest BCUT2D eigenvalue weighted by atomic mass is 9.88. The second-order valence-electron chi connectivity index (χ2n) is 5.21. The summed E-state index contributed by atoms with van der Waals surface area (Å²) in [4.78, 5) is 2.35. The summed E-state index contributed by atoms with van der Waals surface area (Å²) < 4.78 is 11.5. The van der Waals surface area contributed by atoms with Crippen LogP contribution in [0.25, 0.3) is 6.08 Å². The summed E-state index contributed by atoms with van der Waals surface area (Å²) in [5, 5.41) is 0. The van der Waals surface area contributed by atoms with Gasteiger partial charge in [0.25, 0.3) is 0 Å². The number of rotatable bonds is 1. The van der Waals surface area contributed by atoms with Crippen LogP contribution < -0.4 is 9.47 Å². The fourth-order valence-electron chi connectivity index (χ4n) is 2.63. The van der Waals surface area contributed by atoms with Crippen molar-refractivity contribution < 1.29 is 9.47 Å². The molecule has 0 aliphatic carbocycles. The van der Waals surface area contributed by atoms with E-state index in [4.69, 9.17) is 9.47 Å². The third-order valence-corrected chi connectivity index (χ3v) is 3.93. The monoisotopic (exact) mass is 245 g/mol. The predicted octanol–water partition coefficient (Wildman–Crippen LogP) is 2.57. The van der Waals surface area contributed by atoms with Gasteiger partial charge in [-0.2, -0.15) is 0 Å². The van der Waals surface area contributed by atoms with Crippen LogP contribution in [0.5, 0.6) is 11.5 Å². The molecule has 0 N–H and O–H groups in total. The Balaban J connectivity index is 1.88. The van der Waals surface area contributed by atoms with Crippen molar-refractivity contribution in [2.24, 2.45) is 0 Å². The highest BCUT2D eigenvalue weighted by molar-refractivity contribution is 5.62. The molecule has 0 radical (unpaired) electrons. The van der Waals surface area contributed by atoms with E-state index in [1.54, 1.807) is 7.11 Å². The van der Waals surface area contributed by atoms with Gasteiger partial charge in [0.2, 0.25) is 0 Å². The first-order valence-corrected chi connectivity index (χ1v) is 6.46. The molecule has 3 heteroatoms. The molecule has 0 unspecified atom stereocenters. The van der Waals surface area contributed by atoms with Crippen molar-refractivity contribution in [2.75, 3.05) is 27.2 Å². The Kier molecular flexibility index (Phi) is 2.78. The average molecular weight is 245 g/mol. The zero-order valence-electron chi connectivity index (χ0n) is 11.0. The lowest BCUT2D eigenvalue weighted by molar-refractivity contribution is 0.0471. The number of fused-ring (bicyclic) bond motifs is 1. The summed E-state index contributed by atoms with van der Waals surface area (Å²) in [6.07, 6.45) is 6.52. The fraction of sp³-hybridized carbons (Fsp3) is 0.467. The maximum Gasteiger partial charge on any atom is 0.131 e. The number of likely N-dealkylation sites (tertiary alicyclic amines) is 1. The maximum atomic E-state index is 6.26. The molecule has 1 aromatic carbocycles. The molecule has 0 aromatic heterocycles. The van der Waals surface area contributed by atoms with Crippen molar-refractivity contribution in [3.63, 3.8) is 0 Å². The third-order valence-electron chi connectivity index (χ3n) is 3.93. The number of ether oxygens (including phenoxy) is 2. The normalized spacial score (nSPS) is 21.4. The summed E-state index contributed by atoms with van der Waals surface area (Å²) in [6, 6.07) is 6.00. The van der Waals surface area contributed by atoms with Gasteiger partial charge in [-0.3, -0.25) is 0 Å². The van der Waals surface area contributed by atoms with Gasteiger partial charge in [0.15, 0.2) is 0 Å². The number of hydrogen-bond donors (Lipinski definition) is 0. The third kappa shape index (κ3) is 1.99. The molecule has 2 aliphatic rings. The summed E-state index contributed by atoms with van der Waals surface area (Å²) >= 11 is 0. The number of nitrogens with zero attached hydrogens (tertiary/aromatic N) is 1. The predicted molar refractivity (Wildman–Crippen MR) is 72.1 cm³/mol. The van der Waals surface area contributed by atoms with Gasteiger partial charge in [0.05, 0.1) is 7.11 Å². The van der Waals surface area contributed by atoms with Crippen LogP contribution in [0.1, 0.15) is 18.4 Å². The largest absolute Gasteiger partial charge is 0.497 e. The molecular weight excluding hydrogens is 226 g/mol. The van der Waals surface area contributed by atoms with Gasteiger partial charge in [-0.25, -0.2) is 0 Å². The minimum atomic E-state index is -0.105. The Morgan fingerprint density at radius 1 is 1.28 bits per heavy atom. The van der Waals surface area contributed by atoms with E-state index in [9.17, 15) is 0 Å². The molecule has 3 nitrogen and oxygen atoms in total. The molecule has 1 aromatic rings. The van der Waals surface area contributed by atoms with Gasteiger partial charge in [-0.15, -0.1) is 0 Å². The van der Waals surface area contributed by atoms with Crippen LogP contribution >= 0.6 is 0 Å². The number of piperidine rings is 1. The highest BCUT2D eigenvalue weighted by Gasteiger charge is 2.35. The van der Waals surface area contributed by atoms with Gasteiger partial charge in [-0.1, -0.05) is 6.08 Å². The first-order valence-electron chi connectivity index (χ1n) is 6.46. The Morgan fingerprint density at radius 3 is 2.78 bits per heavy atom. The first-order chi connectivity index (χ1) is 8.71. The lowest BCUT2D eigenvalue weighted by Gasteiger charge is -2.40. The molecule has 3 rings (SSSR count). The average Bonchev–Trinajstić information content (AvgIpc) is 2.41. The minimum absolute atomic E-state index is 0.105. The molecule has 0 amide bonds. The number of benzene rings is 1. The van der Waals surface area contributed by atoms with Crippen molar-refractivity contribution in [1.82, 2.24) is 4.90 Å². The smallest absolute Gasteiger partial charge is 0.131 e. The van der Waals surface area contributed by atoms with Gasteiger partial charge in [0, 0.05) is 37.6 Å². The molecule has 2 heterocycles. The molecule has 0 bridgehead atoms. The highest BCUT2D eigenvalue weighted by Crippen LogP contribution is 2.38. The number of hydrogen-bond acceptors (Lipinski definition) is 3.